The van der Waals surface area contributed by atoms with Gasteiger partial charge in [0.25, 0.3) is 0 Å². The number of ether oxygens (including phenoxy) is 2. The fraction of sp³-hybridized carbons (Fsp3) is 0.222. The molecular weight excluding hydrogens is 308 g/mol. The van der Waals surface area contributed by atoms with Crippen molar-refractivity contribution in [1.82, 2.24) is 0 Å². The van der Waals surface area contributed by atoms with E-state index in [4.69, 9.17) is 9.47 Å². The molecule has 2 rings (SSSR count). The Morgan fingerprint density at radius 3 is 2.21 bits per heavy atom. The van der Waals surface area contributed by atoms with Crippen molar-refractivity contribution in [2.75, 3.05) is 24.4 Å². The Morgan fingerprint density at radius 1 is 0.958 bits per heavy atom. The van der Waals surface area contributed by atoms with E-state index >= 15 is 0 Å². The molecule has 0 spiro atoms. The highest BCUT2D eigenvalue weighted by Gasteiger charge is 2.04. The van der Waals surface area contributed by atoms with E-state index in [1.165, 1.54) is 6.92 Å². The number of rotatable bonds is 7. The normalized spacial score (nSPS) is 9.92. The van der Waals surface area contributed by atoms with Crippen molar-refractivity contribution in [2.45, 2.75) is 13.3 Å². The van der Waals surface area contributed by atoms with Crippen molar-refractivity contribution in [2.24, 2.45) is 0 Å². The number of methoxy groups -OCH3 is 1. The molecular formula is C18H20N2O4. The fourth-order valence-electron chi connectivity index (χ4n) is 2.03. The van der Waals surface area contributed by atoms with Crippen molar-refractivity contribution < 1.29 is 19.1 Å². The first kappa shape index (κ1) is 17.3. The molecule has 0 atom stereocenters. The van der Waals surface area contributed by atoms with Crippen LogP contribution in [-0.2, 0) is 9.59 Å². The van der Waals surface area contributed by atoms with Gasteiger partial charge in [-0.15, -0.1) is 0 Å². The maximum atomic E-state index is 11.9. The number of carbonyl (C=O) groups is 2. The second kappa shape index (κ2) is 8.57. The van der Waals surface area contributed by atoms with Gasteiger partial charge in [0.2, 0.25) is 11.8 Å². The topological polar surface area (TPSA) is 76.7 Å². The largest absolute Gasteiger partial charge is 0.497 e. The molecule has 0 unspecified atom stereocenters. The molecule has 2 amide bonds. The summed E-state index contributed by atoms with van der Waals surface area (Å²) in [7, 11) is 1.60. The first-order valence-corrected chi connectivity index (χ1v) is 7.51. The Bertz CT molecular complexity index is 698. The second-order valence-electron chi connectivity index (χ2n) is 5.08. The van der Waals surface area contributed by atoms with Gasteiger partial charge in [0, 0.05) is 18.3 Å². The summed E-state index contributed by atoms with van der Waals surface area (Å²) in [4.78, 5) is 23.0. The third-order valence-corrected chi connectivity index (χ3v) is 3.12. The third-order valence-electron chi connectivity index (χ3n) is 3.12. The molecule has 0 saturated carbocycles. The Labute approximate surface area is 140 Å². The standard InChI is InChI=1S/C18H20N2O4/c1-13(21)19-14-4-3-5-15(12-14)20-18(22)10-11-24-17-8-6-16(23-2)7-9-17/h3-9,12H,10-11H2,1-2H3,(H,19,21)(H,20,22). The number of hydrogen-bond acceptors (Lipinski definition) is 4. The van der Waals surface area contributed by atoms with Crippen LogP contribution in [-0.4, -0.2) is 25.5 Å². The highest BCUT2D eigenvalue weighted by atomic mass is 16.5. The van der Waals surface area contributed by atoms with E-state index in [2.05, 4.69) is 10.6 Å². The summed E-state index contributed by atoms with van der Waals surface area (Å²) >= 11 is 0. The van der Waals surface area contributed by atoms with Crippen molar-refractivity contribution in [1.29, 1.82) is 0 Å². The van der Waals surface area contributed by atoms with E-state index in [0.29, 0.717) is 17.1 Å². The summed E-state index contributed by atoms with van der Waals surface area (Å²) in [6, 6.07) is 14.1. The van der Waals surface area contributed by atoms with Crippen LogP contribution < -0.4 is 20.1 Å². The lowest BCUT2D eigenvalue weighted by molar-refractivity contribution is -0.116. The molecule has 0 aliphatic rings. The van der Waals surface area contributed by atoms with E-state index in [-0.39, 0.29) is 24.8 Å². The molecule has 6 heteroatoms. The molecule has 2 aromatic carbocycles. The maximum Gasteiger partial charge on any atom is 0.227 e. The highest BCUT2D eigenvalue weighted by molar-refractivity contribution is 5.93. The fourth-order valence-corrected chi connectivity index (χ4v) is 2.03. The molecule has 6 nitrogen and oxygen atoms in total. The number of amides is 2. The van der Waals surface area contributed by atoms with Gasteiger partial charge >= 0.3 is 0 Å². The van der Waals surface area contributed by atoms with Gasteiger partial charge in [-0.1, -0.05) is 6.07 Å². The number of benzene rings is 2. The quantitative estimate of drug-likeness (QED) is 0.819. The number of hydrogen-bond donors (Lipinski definition) is 2. The summed E-state index contributed by atoms with van der Waals surface area (Å²) in [6.07, 6.45) is 0.219. The molecule has 0 aromatic heterocycles. The monoisotopic (exact) mass is 328 g/mol. The van der Waals surface area contributed by atoms with Gasteiger partial charge in [-0.05, 0) is 42.5 Å². The zero-order valence-corrected chi connectivity index (χ0v) is 13.7. The summed E-state index contributed by atoms with van der Waals surface area (Å²) in [5.41, 5.74) is 1.26. The average Bonchev–Trinajstić information content (AvgIpc) is 2.55. The zero-order chi connectivity index (χ0) is 17.4. The summed E-state index contributed by atoms with van der Waals surface area (Å²) < 4.78 is 10.6. The minimum absolute atomic E-state index is 0.161. The Hall–Kier alpha value is -3.02. The number of anilines is 2. The molecule has 0 aliphatic heterocycles. The van der Waals surface area contributed by atoms with Crippen LogP contribution in [0, 0.1) is 0 Å². The molecule has 2 N–H and O–H groups in total. The van der Waals surface area contributed by atoms with Gasteiger partial charge in [0.1, 0.15) is 11.5 Å². The Morgan fingerprint density at radius 2 is 1.58 bits per heavy atom. The molecule has 126 valence electrons. The molecule has 0 radical (unpaired) electrons. The van der Waals surface area contributed by atoms with E-state index < -0.39 is 0 Å². The Kier molecular flexibility index (Phi) is 6.19. The SMILES string of the molecule is COc1ccc(OCCC(=O)Nc2cccc(NC(C)=O)c2)cc1. The van der Waals surface area contributed by atoms with Crippen molar-refractivity contribution in [3.05, 3.63) is 48.5 Å². The van der Waals surface area contributed by atoms with E-state index in [1.54, 1.807) is 55.6 Å². The summed E-state index contributed by atoms with van der Waals surface area (Å²) in [5.74, 6) is 1.10. The van der Waals surface area contributed by atoms with Gasteiger partial charge in [0.05, 0.1) is 20.1 Å². The lowest BCUT2D eigenvalue weighted by Gasteiger charge is -2.09. The first-order valence-electron chi connectivity index (χ1n) is 7.51. The minimum Gasteiger partial charge on any atom is -0.497 e. The molecule has 0 bridgehead atoms. The van der Waals surface area contributed by atoms with E-state index in [0.717, 1.165) is 5.75 Å². The molecule has 0 fully saturated rings. The van der Waals surface area contributed by atoms with Crippen LogP contribution in [0.5, 0.6) is 11.5 Å². The maximum absolute atomic E-state index is 11.9. The number of carbonyl (C=O) groups excluding carboxylic acids is 2. The highest BCUT2D eigenvalue weighted by Crippen LogP contribution is 2.18. The molecule has 2 aromatic rings. The van der Waals surface area contributed by atoms with Gasteiger partial charge in [-0.2, -0.15) is 0 Å². The van der Waals surface area contributed by atoms with Gasteiger partial charge in [0.15, 0.2) is 0 Å². The van der Waals surface area contributed by atoms with Gasteiger partial charge in [-0.25, -0.2) is 0 Å². The molecule has 0 saturated heterocycles. The third kappa shape index (κ3) is 5.64. The lowest BCUT2D eigenvalue weighted by Crippen LogP contribution is -2.15. The van der Waals surface area contributed by atoms with Gasteiger partial charge in [-0.3, -0.25) is 9.59 Å². The minimum atomic E-state index is -0.163. The molecule has 0 aliphatic carbocycles. The van der Waals surface area contributed by atoms with Crippen LogP contribution in [0.3, 0.4) is 0 Å². The van der Waals surface area contributed by atoms with Gasteiger partial charge < -0.3 is 20.1 Å². The Balaban J connectivity index is 1.79. The van der Waals surface area contributed by atoms with E-state index in [1.807, 2.05) is 0 Å². The van der Waals surface area contributed by atoms with Crippen molar-refractivity contribution >= 4 is 23.2 Å². The summed E-state index contributed by atoms with van der Waals surface area (Å²) in [5, 5.41) is 5.44. The van der Waals surface area contributed by atoms with Crippen LogP contribution in [0.1, 0.15) is 13.3 Å². The van der Waals surface area contributed by atoms with E-state index in [9.17, 15) is 9.59 Å². The van der Waals surface area contributed by atoms with Crippen LogP contribution >= 0.6 is 0 Å². The molecule has 0 heterocycles. The second-order valence-corrected chi connectivity index (χ2v) is 5.08. The van der Waals surface area contributed by atoms with Crippen LogP contribution in [0.4, 0.5) is 11.4 Å². The smallest absolute Gasteiger partial charge is 0.227 e. The molecule has 24 heavy (non-hydrogen) atoms. The average molecular weight is 328 g/mol. The zero-order valence-electron chi connectivity index (χ0n) is 13.7. The summed E-state index contributed by atoms with van der Waals surface area (Å²) in [6.45, 7) is 1.70. The lowest BCUT2D eigenvalue weighted by atomic mass is 10.2. The van der Waals surface area contributed by atoms with Crippen molar-refractivity contribution in [3.8, 4) is 11.5 Å². The van der Waals surface area contributed by atoms with Crippen LogP contribution in [0.25, 0.3) is 0 Å². The van der Waals surface area contributed by atoms with Crippen LogP contribution in [0.15, 0.2) is 48.5 Å². The van der Waals surface area contributed by atoms with Crippen LogP contribution in [0.2, 0.25) is 0 Å². The predicted molar refractivity (Wildman–Crippen MR) is 92.5 cm³/mol. The first-order chi connectivity index (χ1) is 11.6. The predicted octanol–water partition coefficient (Wildman–Crippen LogP) is 3.06. The number of nitrogens with one attached hydrogen (secondary N) is 2. The van der Waals surface area contributed by atoms with Crippen molar-refractivity contribution in [3.63, 3.8) is 0 Å².